The number of nitrogens with zero attached hydrogens (tertiary/aromatic N) is 2. The molecule has 0 aliphatic rings. The van der Waals surface area contributed by atoms with Crippen molar-refractivity contribution in [1.29, 1.82) is 0 Å². The Morgan fingerprint density at radius 2 is 2.27 bits per heavy atom. The summed E-state index contributed by atoms with van der Waals surface area (Å²) in [5.41, 5.74) is 10.2. The molecule has 4 N–H and O–H groups in total. The van der Waals surface area contributed by atoms with Crippen molar-refractivity contribution < 1.29 is 13.6 Å². The van der Waals surface area contributed by atoms with E-state index in [1.54, 1.807) is 0 Å². The average Bonchev–Trinajstić information content (AvgIpc) is 2.42. The van der Waals surface area contributed by atoms with Crippen LogP contribution in [0.3, 0.4) is 0 Å². The Morgan fingerprint density at radius 1 is 1.67 bits per heavy atom. The summed E-state index contributed by atoms with van der Waals surface area (Å²) in [4.78, 5) is 10.7. The van der Waals surface area contributed by atoms with Gasteiger partial charge in [-0.25, -0.2) is 0 Å². The monoisotopic (exact) mass is 238 g/mol. The molecule has 0 bridgehead atoms. The number of halogens is 3. The minimum absolute atomic E-state index is 0.0559. The molecule has 0 spiro atoms. The van der Waals surface area contributed by atoms with Crippen molar-refractivity contribution in [3.05, 3.63) is 11.9 Å². The molecule has 0 unspecified atom stereocenters. The number of nitrogens with two attached hydrogens (primary N) is 2. The molecule has 0 aliphatic heterocycles. The third-order valence-electron chi connectivity index (χ3n) is 1.65. The van der Waals surface area contributed by atoms with Crippen LogP contribution < -0.4 is 11.5 Å². The van der Waals surface area contributed by atoms with E-state index in [1.807, 2.05) is 0 Å². The first kappa shape index (κ1) is 11.7. The summed E-state index contributed by atoms with van der Waals surface area (Å²) in [6, 6.07) is 0. The Bertz CT molecular complexity index is 374. The third kappa shape index (κ3) is 3.35. The number of aryl methyl sites for hydroxylation is 1. The molecule has 0 atom stereocenters. The summed E-state index contributed by atoms with van der Waals surface area (Å²) in [5.74, 6) is -0.802. The molecule has 15 heavy (non-hydrogen) atoms. The van der Waals surface area contributed by atoms with Crippen molar-refractivity contribution in [3.8, 4) is 0 Å². The van der Waals surface area contributed by atoms with Crippen LogP contribution in [0.25, 0.3) is 0 Å². The Labute approximate surface area is 89.0 Å². The summed E-state index contributed by atoms with van der Waals surface area (Å²) in [7, 11) is 0. The maximum atomic E-state index is 12.3. The fraction of sp³-hybridized carbons (Fsp3) is 0.429. The zero-order chi connectivity index (χ0) is 11.6. The minimum atomic E-state index is -3.30. The molecule has 8 heteroatoms. The Morgan fingerprint density at radius 3 is 2.67 bits per heavy atom. The fourth-order valence-electron chi connectivity index (χ4n) is 0.984. The van der Waals surface area contributed by atoms with Gasteiger partial charge in [-0.05, 0) is 11.6 Å². The van der Waals surface area contributed by atoms with Gasteiger partial charge in [-0.15, -0.1) is 0 Å². The van der Waals surface area contributed by atoms with Crippen LogP contribution in [0.2, 0.25) is 0 Å². The number of hydrogen-bond donors (Lipinski definition) is 2. The lowest BCUT2D eigenvalue weighted by atomic mass is 10.4. The molecule has 0 saturated carbocycles. The second-order valence-electron chi connectivity index (χ2n) is 2.93. The smallest absolute Gasteiger partial charge is 0.323 e. The quantitative estimate of drug-likeness (QED) is 0.760. The number of carbonyl (C=O) groups is 1. The molecule has 5 nitrogen and oxygen atoms in total. The molecule has 0 radical (unpaired) electrons. The lowest BCUT2D eigenvalue weighted by Crippen LogP contribution is -2.15. The third-order valence-corrected chi connectivity index (χ3v) is 1.84. The fourth-order valence-corrected chi connectivity index (χ4v) is 1.07. The highest BCUT2D eigenvalue weighted by Gasteiger charge is 2.24. The van der Waals surface area contributed by atoms with Crippen molar-refractivity contribution in [2.75, 3.05) is 5.73 Å². The molecule has 0 aliphatic carbocycles. The highest BCUT2D eigenvalue weighted by atomic mass is 35.5. The van der Waals surface area contributed by atoms with Gasteiger partial charge in [0.25, 0.3) is 5.91 Å². The minimum Gasteiger partial charge on any atom is -0.396 e. The average molecular weight is 239 g/mol. The first-order valence-electron chi connectivity index (χ1n) is 3.99. The second kappa shape index (κ2) is 4.01. The number of alkyl halides is 3. The number of nitrogen functional groups attached to an aromatic ring is 1. The number of primary amides is 1. The lowest BCUT2D eigenvalue weighted by molar-refractivity contribution is 0.0795. The van der Waals surface area contributed by atoms with Crippen LogP contribution >= 0.6 is 11.6 Å². The number of anilines is 1. The summed E-state index contributed by atoms with van der Waals surface area (Å²) >= 11 is 4.69. The van der Waals surface area contributed by atoms with E-state index in [1.165, 1.54) is 6.20 Å². The van der Waals surface area contributed by atoms with E-state index in [4.69, 9.17) is 23.1 Å². The summed E-state index contributed by atoms with van der Waals surface area (Å²) in [6.07, 6.45) is 0.649. The molecule has 1 heterocycles. The number of hydrogen-bond acceptors (Lipinski definition) is 3. The van der Waals surface area contributed by atoms with Crippen LogP contribution in [0.15, 0.2) is 6.20 Å². The normalized spacial score (nSPS) is 11.7. The first-order chi connectivity index (χ1) is 6.79. The van der Waals surface area contributed by atoms with Gasteiger partial charge in [-0.3, -0.25) is 9.48 Å². The zero-order valence-electron chi connectivity index (χ0n) is 7.58. The van der Waals surface area contributed by atoms with E-state index in [-0.39, 0.29) is 17.9 Å². The van der Waals surface area contributed by atoms with Crippen LogP contribution in [0, 0.1) is 0 Å². The highest BCUT2D eigenvalue weighted by Crippen LogP contribution is 2.23. The van der Waals surface area contributed by atoms with Crippen molar-refractivity contribution in [1.82, 2.24) is 9.78 Å². The van der Waals surface area contributed by atoms with E-state index in [0.717, 1.165) is 4.68 Å². The van der Waals surface area contributed by atoms with Gasteiger partial charge in [0.05, 0.1) is 5.69 Å². The topological polar surface area (TPSA) is 86.9 Å². The molecular weight excluding hydrogens is 230 g/mol. The highest BCUT2D eigenvalue weighted by molar-refractivity contribution is 6.21. The maximum Gasteiger partial charge on any atom is 0.323 e. The van der Waals surface area contributed by atoms with Gasteiger partial charge in [0.15, 0.2) is 5.69 Å². The van der Waals surface area contributed by atoms with Gasteiger partial charge in [-0.2, -0.15) is 13.9 Å². The molecule has 84 valence electrons. The van der Waals surface area contributed by atoms with Crippen LogP contribution in [0.4, 0.5) is 14.5 Å². The van der Waals surface area contributed by atoms with Crippen molar-refractivity contribution in [2.45, 2.75) is 18.3 Å². The predicted molar refractivity (Wildman–Crippen MR) is 50.6 cm³/mol. The largest absolute Gasteiger partial charge is 0.396 e. The van der Waals surface area contributed by atoms with E-state index in [9.17, 15) is 13.6 Å². The Balaban J connectivity index is 2.72. The van der Waals surface area contributed by atoms with Crippen LogP contribution in [-0.4, -0.2) is 21.1 Å². The van der Waals surface area contributed by atoms with E-state index in [0.29, 0.717) is 0 Å². The Kier molecular flexibility index (Phi) is 3.13. The molecule has 1 amide bonds. The van der Waals surface area contributed by atoms with Gasteiger partial charge >= 0.3 is 5.38 Å². The summed E-state index contributed by atoms with van der Waals surface area (Å²) < 4.78 is 25.7. The number of carbonyl (C=O) groups excluding carboxylic acids is 1. The van der Waals surface area contributed by atoms with Crippen molar-refractivity contribution in [2.24, 2.45) is 5.73 Å². The van der Waals surface area contributed by atoms with Gasteiger partial charge < -0.3 is 11.5 Å². The number of amides is 1. The second-order valence-corrected chi connectivity index (χ2v) is 3.48. The van der Waals surface area contributed by atoms with Crippen molar-refractivity contribution >= 4 is 23.2 Å². The standard InChI is InChI=1S/C7H9ClF2N4O/c8-7(9,10)1-2-14-3-4(11)5(13-14)6(12)15/h3H,1-2,11H2,(H2,12,15). The van der Waals surface area contributed by atoms with Crippen molar-refractivity contribution in [3.63, 3.8) is 0 Å². The maximum absolute atomic E-state index is 12.3. The molecule has 1 aromatic heterocycles. The van der Waals surface area contributed by atoms with Gasteiger partial charge in [0.1, 0.15) is 0 Å². The summed E-state index contributed by atoms with van der Waals surface area (Å²) in [5, 5.41) is 0.339. The molecule has 1 rings (SSSR count). The Hall–Kier alpha value is -1.37. The van der Waals surface area contributed by atoms with Gasteiger partial charge in [-0.1, -0.05) is 0 Å². The molecule has 0 aromatic carbocycles. The van der Waals surface area contributed by atoms with E-state index < -0.39 is 17.7 Å². The van der Waals surface area contributed by atoms with Crippen LogP contribution in [-0.2, 0) is 6.54 Å². The van der Waals surface area contributed by atoms with E-state index in [2.05, 4.69) is 5.10 Å². The predicted octanol–water partition coefficient (Wildman–Crippen LogP) is 0.786. The van der Waals surface area contributed by atoms with Gasteiger partial charge in [0, 0.05) is 19.2 Å². The summed E-state index contributed by atoms with van der Waals surface area (Å²) in [6.45, 7) is -0.145. The van der Waals surface area contributed by atoms with E-state index >= 15 is 0 Å². The molecule has 0 saturated heterocycles. The van der Waals surface area contributed by atoms with Gasteiger partial charge in [0.2, 0.25) is 0 Å². The van der Waals surface area contributed by atoms with Crippen LogP contribution in [0.1, 0.15) is 16.9 Å². The first-order valence-corrected chi connectivity index (χ1v) is 4.37. The van der Waals surface area contributed by atoms with Crippen LogP contribution in [0.5, 0.6) is 0 Å². The molecular formula is C7H9ClF2N4O. The zero-order valence-corrected chi connectivity index (χ0v) is 8.34. The molecule has 0 fully saturated rings. The lowest BCUT2D eigenvalue weighted by Gasteiger charge is -2.06. The number of rotatable bonds is 4. The number of aromatic nitrogens is 2. The molecule has 1 aromatic rings. The SMILES string of the molecule is NC(=O)c1nn(CCC(F)(F)Cl)cc1N.